The van der Waals surface area contributed by atoms with Crippen LogP contribution >= 0.6 is 0 Å². The molecule has 4 aromatic heterocycles. The van der Waals surface area contributed by atoms with E-state index in [0.29, 0.717) is 40.2 Å². The lowest BCUT2D eigenvalue weighted by molar-refractivity contribution is 0.630. The van der Waals surface area contributed by atoms with Crippen molar-refractivity contribution in [3.05, 3.63) is 120 Å². The van der Waals surface area contributed by atoms with Crippen LogP contribution in [0.4, 0.5) is 8.78 Å². The van der Waals surface area contributed by atoms with Crippen LogP contribution in [-0.2, 0) is 6.42 Å². The lowest BCUT2D eigenvalue weighted by Gasteiger charge is -2.09. The van der Waals surface area contributed by atoms with Crippen LogP contribution in [-0.4, -0.2) is 18.8 Å². The number of halogens is 2. The van der Waals surface area contributed by atoms with Crippen LogP contribution in [0.25, 0.3) is 33.8 Å². The number of pyridine rings is 2. The Bertz CT molecular complexity index is 1510. The number of aromatic nitrogens is 4. The van der Waals surface area contributed by atoms with E-state index >= 15 is 0 Å². The predicted molar refractivity (Wildman–Crippen MR) is 124 cm³/mol. The summed E-state index contributed by atoms with van der Waals surface area (Å²) in [5, 5.41) is 0. The average molecular weight is 436 g/mol. The molecule has 0 bridgehead atoms. The summed E-state index contributed by atoms with van der Waals surface area (Å²) >= 11 is 0. The normalized spacial score (nSPS) is 11.5. The second-order valence-corrected chi connectivity index (χ2v) is 7.81. The summed E-state index contributed by atoms with van der Waals surface area (Å²) in [6, 6.07) is 24.6. The Morgan fingerprint density at radius 2 is 0.970 bits per heavy atom. The fourth-order valence-corrected chi connectivity index (χ4v) is 4.33. The van der Waals surface area contributed by atoms with E-state index in [4.69, 9.17) is 9.97 Å². The Balaban J connectivity index is 1.62. The Morgan fingerprint density at radius 1 is 0.545 bits per heavy atom. The van der Waals surface area contributed by atoms with Crippen molar-refractivity contribution >= 4 is 11.3 Å². The molecule has 2 aromatic carbocycles. The highest BCUT2D eigenvalue weighted by Crippen LogP contribution is 2.33. The molecule has 0 aliphatic rings. The van der Waals surface area contributed by atoms with Gasteiger partial charge < -0.3 is 8.80 Å². The molecule has 0 spiro atoms. The molecule has 160 valence electrons. The molecule has 0 atom stereocenters. The third kappa shape index (κ3) is 3.19. The summed E-state index contributed by atoms with van der Waals surface area (Å²) in [6.45, 7) is 0. The zero-order valence-corrected chi connectivity index (χ0v) is 17.5. The van der Waals surface area contributed by atoms with Gasteiger partial charge in [0.1, 0.15) is 22.9 Å². The van der Waals surface area contributed by atoms with Crippen molar-refractivity contribution in [2.45, 2.75) is 6.42 Å². The molecule has 0 aliphatic carbocycles. The minimum atomic E-state index is -0.338. The van der Waals surface area contributed by atoms with Crippen LogP contribution < -0.4 is 0 Å². The SMILES string of the molecule is Fc1ccccc1-c1nc2ccccn2c1Cc1c(-c2ccccc2F)nc2ccccn12. The molecule has 0 radical (unpaired) electrons. The van der Waals surface area contributed by atoms with E-state index in [0.717, 1.165) is 11.4 Å². The highest BCUT2D eigenvalue weighted by molar-refractivity contribution is 5.71. The first-order valence-corrected chi connectivity index (χ1v) is 10.6. The van der Waals surface area contributed by atoms with Gasteiger partial charge in [-0.3, -0.25) is 0 Å². The Hall–Kier alpha value is -4.32. The summed E-state index contributed by atoms with van der Waals surface area (Å²) in [4.78, 5) is 9.49. The molecule has 6 rings (SSSR count). The monoisotopic (exact) mass is 436 g/mol. The lowest BCUT2D eigenvalue weighted by atomic mass is 10.0. The Kier molecular flexibility index (Phi) is 4.50. The van der Waals surface area contributed by atoms with Crippen molar-refractivity contribution in [1.82, 2.24) is 18.8 Å². The van der Waals surface area contributed by atoms with Gasteiger partial charge in [-0.25, -0.2) is 18.7 Å². The summed E-state index contributed by atoms with van der Waals surface area (Å²) in [5.74, 6) is -0.677. The lowest BCUT2D eigenvalue weighted by Crippen LogP contribution is -2.02. The second kappa shape index (κ2) is 7.67. The number of hydrogen-bond acceptors (Lipinski definition) is 2. The summed E-state index contributed by atoms with van der Waals surface area (Å²) in [5.41, 5.74) is 5.01. The molecular formula is C27H18F2N4. The maximum absolute atomic E-state index is 14.8. The molecule has 4 nitrogen and oxygen atoms in total. The summed E-state index contributed by atoms with van der Waals surface area (Å²) in [7, 11) is 0. The molecule has 0 N–H and O–H groups in total. The van der Waals surface area contributed by atoms with E-state index in [2.05, 4.69) is 0 Å². The smallest absolute Gasteiger partial charge is 0.137 e. The fraction of sp³-hybridized carbons (Fsp3) is 0.0370. The van der Waals surface area contributed by atoms with E-state index in [1.54, 1.807) is 36.4 Å². The van der Waals surface area contributed by atoms with Crippen molar-refractivity contribution in [3.8, 4) is 22.5 Å². The molecule has 0 amide bonds. The van der Waals surface area contributed by atoms with E-state index in [-0.39, 0.29) is 11.6 Å². The van der Waals surface area contributed by atoms with Crippen molar-refractivity contribution < 1.29 is 8.78 Å². The number of nitrogens with zero attached hydrogens (tertiary/aromatic N) is 4. The second-order valence-electron chi connectivity index (χ2n) is 7.81. The van der Waals surface area contributed by atoms with E-state index < -0.39 is 0 Å². The van der Waals surface area contributed by atoms with Gasteiger partial charge in [-0.05, 0) is 48.5 Å². The van der Waals surface area contributed by atoms with Crippen LogP contribution in [0.15, 0.2) is 97.3 Å². The van der Waals surface area contributed by atoms with Crippen molar-refractivity contribution in [3.63, 3.8) is 0 Å². The van der Waals surface area contributed by atoms with E-state index in [9.17, 15) is 8.78 Å². The third-order valence-electron chi connectivity index (χ3n) is 5.85. The van der Waals surface area contributed by atoms with E-state index in [1.165, 1.54) is 12.1 Å². The highest BCUT2D eigenvalue weighted by atomic mass is 19.1. The van der Waals surface area contributed by atoms with Gasteiger partial charge in [0.05, 0.1) is 22.8 Å². The van der Waals surface area contributed by atoms with E-state index in [1.807, 2.05) is 57.6 Å². The zero-order valence-electron chi connectivity index (χ0n) is 17.5. The van der Waals surface area contributed by atoms with Crippen LogP contribution in [0.3, 0.4) is 0 Å². The topological polar surface area (TPSA) is 34.6 Å². The van der Waals surface area contributed by atoms with Crippen molar-refractivity contribution in [2.24, 2.45) is 0 Å². The van der Waals surface area contributed by atoms with Gasteiger partial charge >= 0.3 is 0 Å². The molecule has 4 heterocycles. The molecule has 33 heavy (non-hydrogen) atoms. The van der Waals surface area contributed by atoms with Gasteiger partial charge in [0.25, 0.3) is 0 Å². The van der Waals surface area contributed by atoms with Gasteiger partial charge in [-0.1, -0.05) is 36.4 Å². The maximum atomic E-state index is 14.8. The summed E-state index contributed by atoms with van der Waals surface area (Å²) < 4.78 is 33.5. The van der Waals surface area contributed by atoms with Crippen molar-refractivity contribution in [2.75, 3.05) is 0 Å². The fourth-order valence-electron chi connectivity index (χ4n) is 4.33. The maximum Gasteiger partial charge on any atom is 0.137 e. The van der Waals surface area contributed by atoms with Gasteiger partial charge in [0, 0.05) is 29.9 Å². The first-order chi connectivity index (χ1) is 16.2. The largest absolute Gasteiger partial charge is 0.303 e. The molecular weight excluding hydrogens is 418 g/mol. The summed E-state index contributed by atoms with van der Waals surface area (Å²) in [6.07, 6.45) is 4.20. The average Bonchev–Trinajstić information content (AvgIpc) is 3.39. The number of benzene rings is 2. The number of imidazole rings is 2. The van der Waals surface area contributed by atoms with Crippen LogP contribution in [0.5, 0.6) is 0 Å². The number of fused-ring (bicyclic) bond motifs is 2. The zero-order chi connectivity index (χ0) is 22.4. The first-order valence-electron chi connectivity index (χ1n) is 10.6. The Morgan fingerprint density at radius 3 is 1.42 bits per heavy atom. The van der Waals surface area contributed by atoms with Crippen LogP contribution in [0.1, 0.15) is 11.4 Å². The van der Waals surface area contributed by atoms with Crippen molar-refractivity contribution in [1.29, 1.82) is 0 Å². The molecule has 0 unspecified atom stereocenters. The minimum Gasteiger partial charge on any atom is -0.303 e. The van der Waals surface area contributed by atoms with Gasteiger partial charge in [-0.2, -0.15) is 0 Å². The minimum absolute atomic E-state index is 0.338. The highest BCUT2D eigenvalue weighted by Gasteiger charge is 2.22. The standard InChI is InChI=1S/C27H18F2N4/c28-20-11-3-1-9-18(20)26-22(32-15-7-5-13-24(32)30-26)17-23-27(19-10-2-4-12-21(19)29)31-25-14-6-8-16-33(23)25/h1-16H,17H2. The molecule has 0 fully saturated rings. The molecule has 6 heteroatoms. The van der Waals surface area contributed by atoms with Gasteiger partial charge in [-0.15, -0.1) is 0 Å². The quantitative estimate of drug-likeness (QED) is 0.331. The number of hydrogen-bond donors (Lipinski definition) is 0. The Labute approximate surface area is 188 Å². The number of rotatable bonds is 4. The molecule has 0 aliphatic heterocycles. The van der Waals surface area contributed by atoms with Crippen LogP contribution in [0, 0.1) is 11.6 Å². The predicted octanol–water partition coefficient (Wildman–Crippen LogP) is 6.19. The van der Waals surface area contributed by atoms with Gasteiger partial charge in [0.2, 0.25) is 0 Å². The molecule has 0 saturated heterocycles. The molecule has 6 aromatic rings. The third-order valence-corrected chi connectivity index (χ3v) is 5.85. The van der Waals surface area contributed by atoms with Crippen LogP contribution in [0.2, 0.25) is 0 Å². The molecule has 0 saturated carbocycles. The first kappa shape index (κ1) is 19.4. The van der Waals surface area contributed by atoms with Gasteiger partial charge in [0.15, 0.2) is 0 Å².